The second-order valence-electron chi connectivity index (χ2n) is 8.23. The maximum atomic E-state index is 12.7. The molecular weight excluding hydrogens is 370 g/mol. The number of aryl methyl sites for hydroxylation is 1. The van der Waals surface area contributed by atoms with Crippen molar-refractivity contribution in [1.29, 1.82) is 0 Å². The van der Waals surface area contributed by atoms with Crippen molar-refractivity contribution in [3.8, 4) is 0 Å². The third kappa shape index (κ3) is 5.57. The van der Waals surface area contributed by atoms with Gasteiger partial charge >= 0.3 is 0 Å². The van der Waals surface area contributed by atoms with Crippen LogP contribution in [-0.4, -0.2) is 38.6 Å². The fourth-order valence-corrected chi connectivity index (χ4v) is 4.21. The first-order chi connectivity index (χ1) is 13.4. The van der Waals surface area contributed by atoms with Crippen LogP contribution in [-0.2, 0) is 11.3 Å². The molecule has 0 radical (unpaired) electrons. The number of hydrogen-bond donors (Lipinski definition) is 3. The summed E-state index contributed by atoms with van der Waals surface area (Å²) in [5.74, 6) is 0.505. The number of quaternary nitrogens is 2. The first-order valence-corrected chi connectivity index (χ1v) is 10.6. The molecule has 1 fully saturated rings. The summed E-state index contributed by atoms with van der Waals surface area (Å²) < 4.78 is 0. The van der Waals surface area contributed by atoms with E-state index >= 15 is 0 Å². The molecule has 3 N–H and O–H groups in total. The van der Waals surface area contributed by atoms with Gasteiger partial charge in [0.25, 0.3) is 5.91 Å². The number of piperazine rings is 1. The van der Waals surface area contributed by atoms with E-state index in [2.05, 4.69) is 56.4 Å². The number of nitrogens with one attached hydrogen (secondary N) is 3. The van der Waals surface area contributed by atoms with E-state index in [0.29, 0.717) is 12.5 Å². The van der Waals surface area contributed by atoms with Crippen LogP contribution < -0.4 is 15.1 Å². The molecule has 0 atom stereocenters. The molecule has 1 amide bonds. The molecule has 5 heteroatoms. The summed E-state index contributed by atoms with van der Waals surface area (Å²) >= 11 is 6.09. The van der Waals surface area contributed by atoms with E-state index in [-0.39, 0.29) is 5.91 Å². The average Bonchev–Trinajstić information content (AvgIpc) is 2.65. The Bertz CT molecular complexity index is 813. The van der Waals surface area contributed by atoms with Crippen LogP contribution in [0.4, 0.5) is 5.69 Å². The van der Waals surface area contributed by atoms with Gasteiger partial charge in [-0.15, -0.1) is 0 Å². The Morgan fingerprint density at radius 1 is 1.07 bits per heavy atom. The minimum absolute atomic E-state index is 0.115. The van der Waals surface area contributed by atoms with Crippen LogP contribution in [0.3, 0.4) is 0 Å². The van der Waals surface area contributed by atoms with Crippen LogP contribution in [0.5, 0.6) is 0 Å². The molecular formula is C23H32ClN3O+2. The molecule has 1 aliphatic heterocycles. The zero-order chi connectivity index (χ0) is 20.1. The summed E-state index contributed by atoms with van der Waals surface area (Å²) in [5.41, 5.74) is 4.61. The van der Waals surface area contributed by atoms with E-state index < -0.39 is 0 Å². The third-order valence-corrected chi connectivity index (χ3v) is 5.84. The number of rotatable bonds is 6. The second-order valence-corrected chi connectivity index (χ2v) is 8.66. The molecule has 1 heterocycles. The van der Waals surface area contributed by atoms with Gasteiger partial charge in [-0.3, -0.25) is 4.79 Å². The fraction of sp³-hybridized carbons (Fsp3) is 0.435. The summed E-state index contributed by atoms with van der Waals surface area (Å²) in [6.45, 7) is 12.1. The van der Waals surface area contributed by atoms with E-state index in [1.165, 1.54) is 16.0 Å². The normalized spacial score (nSPS) is 19.6. The van der Waals surface area contributed by atoms with Crippen LogP contribution in [0.25, 0.3) is 0 Å². The van der Waals surface area contributed by atoms with E-state index in [1.807, 2.05) is 12.1 Å². The number of para-hydroxylation sites is 1. The smallest absolute Gasteiger partial charge is 0.279 e. The molecule has 1 saturated heterocycles. The van der Waals surface area contributed by atoms with E-state index in [9.17, 15) is 4.79 Å². The van der Waals surface area contributed by atoms with Crippen molar-refractivity contribution in [2.75, 3.05) is 38.0 Å². The molecule has 0 saturated carbocycles. The highest BCUT2D eigenvalue weighted by Crippen LogP contribution is 2.27. The highest BCUT2D eigenvalue weighted by Gasteiger charge is 2.25. The molecule has 0 spiro atoms. The molecule has 0 aliphatic carbocycles. The van der Waals surface area contributed by atoms with Crippen LogP contribution in [0.1, 0.15) is 36.5 Å². The quantitative estimate of drug-likeness (QED) is 0.677. The molecule has 0 aromatic heterocycles. The topological polar surface area (TPSA) is 38.0 Å². The highest BCUT2D eigenvalue weighted by molar-refractivity contribution is 6.30. The Kier molecular flexibility index (Phi) is 7.11. The van der Waals surface area contributed by atoms with Crippen molar-refractivity contribution in [3.05, 3.63) is 64.2 Å². The average molecular weight is 402 g/mol. The van der Waals surface area contributed by atoms with Crippen LogP contribution >= 0.6 is 11.6 Å². The van der Waals surface area contributed by atoms with Gasteiger partial charge in [-0.2, -0.15) is 0 Å². The Balaban J connectivity index is 1.50. The Morgan fingerprint density at radius 2 is 1.75 bits per heavy atom. The molecule has 28 heavy (non-hydrogen) atoms. The standard InChI is InChI=1S/C23H30ClN3O/c1-17(2)21-9-4-6-18(3)23(21)25-22(28)16-27-12-10-26(11-13-27)15-19-7-5-8-20(24)14-19/h4-9,14,17H,10-13,15-16H2,1-3H3,(H,25,28)/p+2. The van der Waals surface area contributed by atoms with Crippen molar-refractivity contribution in [2.45, 2.75) is 33.2 Å². The molecule has 0 bridgehead atoms. The van der Waals surface area contributed by atoms with E-state index in [4.69, 9.17) is 11.6 Å². The van der Waals surface area contributed by atoms with Gasteiger partial charge in [0.15, 0.2) is 6.54 Å². The predicted molar refractivity (Wildman–Crippen MR) is 115 cm³/mol. The SMILES string of the molecule is Cc1cccc(C(C)C)c1NC(=O)C[NH+]1CC[NH+](Cc2cccc(Cl)c2)CC1. The van der Waals surface area contributed by atoms with Crippen LogP contribution in [0.2, 0.25) is 5.02 Å². The lowest BCUT2D eigenvalue weighted by Crippen LogP contribution is -3.28. The summed E-state index contributed by atoms with van der Waals surface area (Å²) in [5, 5.41) is 3.98. The molecule has 2 aromatic carbocycles. The number of amides is 1. The number of hydrogen-bond acceptors (Lipinski definition) is 1. The maximum absolute atomic E-state index is 12.7. The van der Waals surface area contributed by atoms with E-state index in [1.54, 1.807) is 4.90 Å². The molecule has 0 unspecified atom stereocenters. The lowest BCUT2D eigenvalue weighted by Gasteiger charge is -2.29. The van der Waals surface area contributed by atoms with Gasteiger partial charge in [-0.05, 0) is 36.1 Å². The zero-order valence-electron chi connectivity index (χ0n) is 17.1. The van der Waals surface area contributed by atoms with Crippen molar-refractivity contribution in [1.82, 2.24) is 0 Å². The summed E-state index contributed by atoms with van der Waals surface area (Å²) in [6, 6.07) is 14.4. The molecule has 4 nitrogen and oxygen atoms in total. The van der Waals surface area contributed by atoms with Crippen LogP contribution in [0, 0.1) is 6.92 Å². The van der Waals surface area contributed by atoms with Crippen molar-refractivity contribution < 1.29 is 14.6 Å². The fourth-order valence-electron chi connectivity index (χ4n) is 4.00. The summed E-state index contributed by atoms with van der Waals surface area (Å²) in [6.07, 6.45) is 0. The van der Waals surface area contributed by atoms with Crippen LogP contribution in [0.15, 0.2) is 42.5 Å². The number of carbonyl (C=O) groups is 1. The zero-order valence-corrected chi connectivity index (χ0v) is 17.9. The number of benzene rings is 2. The Labute approximate surface area is 173 Å². The monoisotopic (exact) mass is 401 g/mol. The highest BCUT2D eigenvalue weighted by atomic mass is 35.5. The summed E-state index contributed by atoms with van der Waals surface area (Å²) in [4.78, 5) is 15.6. The first-order valence-electron chi connectivity index (χ1n) is 10.2. The minimum Gasteiger partial charge on any atom is -0.322 e. The van der Waals surface area contributed by atoms with Crippen molar-refractivity contribution in [3.63, 3.8) is 0 Å². The molecule has 150 valence electrons. The molecule has 2 aromatic rings. The lowest BCUT2D eigenvalue weighted by atomic mass is 9.98. The molecule has 1 aliphatic rings. The third-order valence-electron chi connectivity index (χ3n) is 5.61. The number of halogens is 1. The second kappa shape index (κ2) is 9.55. The van der Waals surface area contributed by atoms with Crippen molar-refractivity contribution >= 4 is 23.2 Å². The Morgan fingerprint density at radius 3 is 2.43 bits per heavy atom. The predicted octanol–water partition coefficient (Wildman–Crippen LogP) is 1.69. The van der Waals surface area contributed by atoms with Gasteiger partial charge in [0.1, 0.15) is 32.7 Å². The number of anilines is 1. The van der Waals surface area contributed by atoms with Gasteiger partial charge in [0.05, 0.1) is 0 Å². The van der Waals surface area contributed by atoms with E-state index in [0.717, 1.165) is 49.0 Å². The maximum Gasteiger partial charge on any atom is 0.279 e. The van der Waals surface area contributed by atoms with Gasteiger partial charge in [0, 0.05) is 16.3 Å². The largest absolute Gasteiger partial charge is 0.322 e. The van der Waals surface area contributed by atoms with Gasteiger partial charge in [-0.25, -0.2) is 0 Å². The lowest BCUT2D eigenvalue weighted by molar-refractivity contribution is -1.02. The van der Waals surface area contributed by atoms with Gasteiger partial charge < -0.3 is 15.1 Å². The first kappa shape index (κ1) is 20.8. The van der Waals surface area contributed by atoms with Gasteiger partial charge in [0.2, 0.25) is 0 Å². The minimum atomic E-state index is 0.115. The van der Waals surface area contributed by atoms with Crippen molar-refractivity contribution in [2.24, 2.45) is 0 Å². The van der Waals surface area contributed by atoms with Gasteiger partial charge in [-0.1, -0.05) is 55.8 Å². The molecule has 3 rings (SSSR count). The number of carbonyl (C=O) groups excluding carboxylic acids is 1. The Hall–Kier alpha value is -1.88. The summed E-state index contributed by atoms with van der Waals surface area (Å²) in [7, 11) is 0.